The van der Waals surface area contributed by atoms with Crippen molar-refractivity contribution >= 4 is 21.8 Å². The minimum atomic E-state index is -3.39. The largest absolute Gasteiger partial charge is 0.279 e. The van der Waals surface area contributed by atoms with Crippen LogP contribution < -0.4 is 4.72 Å². The Bertz CT molecular complexity index is 320. The number of hydrogen-bond donors (Lipinski definition) is 1. The highest BCUT2D eigenvalue weighted by molar-refractivity contribution is 7.87. The Morgan fingerprint density at radius 2 is 1.76 bits per heavy atom. The molecule has 0 aliphatic carbocycles. The molecule has 1 rings (SSSR count). The van der Waals surface area contributed by atoms with Crippen molar-refractivity contribution in [3.63, 3.8) is 0 Å². The zero-order valence-electron chi connectivity index (χ0n) is 10.7. The van der Waals surface area contributed by atoms with Crippen LogP contribution in [0.15, 0.2) is 0 Å². The Labute approximate surface area is 110 Å². The zero-order chi connectivity index (χ0) is 12.9. The number of hydrogen-bond acceptors (Lipinski definition) is 2. The van der Waals surface area contributed by atoms with Gasteiger partial charge < -0.3 is 0 Å². The van der Waals surface area contributed by atoms with Crippen molar-refractivity contribution in [2.45, 2.75) is 51.5 Å². The second kappa shape index (κ2) is 6.36. The van der Waals surface area contributed by atoms with Gasteiger partial charge in [0.25, 0.3) is 10.2 Å². The summed E-state index contributed by atoms with van der Waals surface area (Å²) in [4.78, 5) is 0. The van der Waals surface area contributed by atoms with Crippen LogP contribution in [-0.2, 0) is 10.2 Å². The van der Waals surface area contributed by atoms with Crippen LogP contribution in [0.3, 0.4) is 0 Å². The standard InChI is InChI=1S/C11H23ClN2O2S/c1-3-11(2,10-12)13-17(15,16)14-8-6-4-5-7-9-14/h13H,3-10H2,1-2H3. The van der Waals surface area contributed by atoms with Crippen molar-refractivity contribution in [3.05, 3.63) is 0 Å². The van der Waals surface area contributed by atoms with Gasteiger partial charge in [-0.25, -0.2) is 0 Å². The lowest BCUT2D eigenvalue weighted by atomic mass is 10.0. The first-order chi connectivity index (χ1) is 7.93. The molecule has 102 valence electrons. The molecule has 4 nitrogen and oxygen atoms in total. The van der Waals surface area contributed by atoms with Crippen molar-refractivity contribution in [2.24, 2.45) is 0 Å². The van der Waals surface area contributed by atoms with Crippen LogP contribution >= 0.6 is 11.6 Å². The lowest BCUT2D eigenvalue weighted by Crippen LogP contribution is -2.52. The van der Waals surface area contributed by atoms with Gasteiger partial charge in [-0.05, 0) is 26.2 Å². The van der Waals surface area contributed by atoms with Crippen molar-refractivity contribution in [2.75, 3.05) is 19.0 Å². The number of nitrogens with zero attached hydrogens (tertiary/aromatic N) is 1. The minimum absolute atomic E-state index is 0.288. The number of rotatable bonds is 5. The molecule has 0 radical (unpaired) electrons. The third-order valence-electron chi connectivity index (χ3n) is 3.36. The van der Waals surface area contributed by atoms with Gasteiger partial charge in [0.05, 0.1) is 0 Å². The van der Waals surface area contributed by atoms with E-state index < -0.39 is 15.7 Å². The molecule has 1 unspecified atom stereocenters. The number of alkyl halides is 1. The van der Waals surface area contributed by atoms with Gasteiger partial charge in [-0.2, -0.15) is 17.4 Å². The molecule has 1 heterocycles. The van der Waals surface area contributed by atoms with Gasteiger partial charge in [0, 0.05) is 24.5 Å². The fourth-order valence-electron chi connectivity index (χ4n) is 1.85. The summed E-state index contributed by atoms with van der Waals surface area (Å²) in [6.07, 6.45) is 4.82. The highest BCUT2D eigenvalue weighted by Crippen LogP contribution is 2.17. The highest BCUT2D eigenvalue weighted by Gasteiger charge is 2.31. The Kier molecular flexibility index (Phi) is 5.70. The first kappa shape index (κ1) is 15.2. The molecule has 1 fully saturated rings. The third-order valence-corrected chi connectivity index (χ3v) is 5.74. The molecule has 0 spiro atoms. The van der Waals surface area contributed by atoms with Crippen LogP contribution in [0.25, 0.3) is 0 Å². The molecule has 1 aliphatic heterocycles. The third kappa shape index (κ3) is 4.39. The zero-order valence-corrected chi connectivity index (χ0v) is 12.3. The lowest BCUT2D eigenvalue weighted by Gasteiger charge is -2.30. The van der Waals surface area contributed by atoms with Gasteiger partial charge in [-0.1, -0.05) is 19.8 Å². The molecule has 17 heavy (non-hydrogen) atoms. The quantitative estimate of drug-likeness (QED) is 0.785. The van der Waals surface area contributed by atoms with Crippen LogP contribution in [-0.4, -0.2) is 37.2 Å². The molecule has 0 aromatic carbocycles. The van der Waals surface area contributed by atoms with E-state index in [-0.39, 0.29) is 5.88 Å². The molecule has 0 aromatic heterocycles. The summed E-state index contributed by atoms with van der Waals surface area (Å²) < 4.78 is 28.7. The normalized spacial score (nSPS) is 23.0. The summed E-state index contributed by atoms with van der Waals surface area (Å²) in [5.74, 6) is 0.288. The van der Waals surface area contributed by atoms with Crippen molar-refractivity contribution < 1.29 is 8.42 Å². The van der Waals surface area contributed by atoms with Gasteiger partial charge in [0.2, 0.25) is 0 Å². The van der Waals surface area contributed by atoms with Gasteiger partial charge >= 0.3 is 0 Å². The molecule has 1 aliphatic rings. The predicted octanol–water partition coefficient (Wildman–Crippen LogP) is 2.10. The van der Waals surface area contributed by atoms with Gasteiger partial charge in [0.15, 0.2) is 0 Å². The Balaban J connectivity index is 2.72. The van der Waals surface area contributed by atoms with Crippen LogP contribution in [0.1, 0.15) is 46.0 Å². The van der Waals surface area contributed by atoms with Gasteiger partial charge in [-0.15, -0.1) is 11.6 Å². The van der Waals surface area contributed by atoms with E-state index in [0.29, 0.717) is 19.5 Å². The van der Waals surface area contributed by atoms with E-state index in [1.54, 1.807) is 4.31 Å². The monoisotopic (exact) mass is 282 g/mol. The molecule has 0 aromatic rings. The van der Waals surface area contributed by atoms with Gasteiger partial charge in [-0.3, -0.25) is 0 Å². The molecule has 6 heteroatoms. The van der Waals surface area contributed by atoms with Crippen LogP contribution in [0.4, 0.5) is 0 Å². The second-order valence-electron chi connectivity index (χ2n) is 4.97. The summed E-state index contributed by atoms with van der Waals surface area (Å²) in [6.45, 7) is 5.03. The number of nitrogens with one attached hydrogen (secondary N) is 1. The first-order valence-electron chi connectivity index (χ1n) is 6.28. The molecular formula is C11H23ClN2O2S. The van der Waals surface area contributed by atoms with E-state index in [2.05, 4.69) is 4.72 Å². The van der Waals surface area contributed by atoms with Crippen LogP contribution in [0.5, 0.6) is 0 Å². The molecule has 0 saturated carbocycles. The molecule has 1 N–H and O–H groups in total. The average molecular weight is 283 g/mol. The predicted molar refractivity (Wildman–Crippen MR) is 71.5 cm³/mol. The van der Waals surface area contributed by atoms with E-state index >= 15 is 0 Å². The van der Waals surface area contributed by atoms with Crippen LogP contribution in [0.2, 0.25) is 0 Å². The maximum Gasteiger partial charge on any atom is 0.279 e. The van der Waals surface area contributed by atoms with E-state index in [0.717, 1.165) is 25.7 Å². The van der Waals surface area contributed by atoms with Gasteiger partial charge in [0.1, 0.15) is 0 Å². The summed E-state index contributed by atoms with van der Waals surface area (Å²) in [7, 11) is -3.39. The van der Waals surface area contributed by atoms with E-state index in [9.17, 15) is 8.42 Å². The van der Waals surface area contributed by atoms with Crippen molar-refractivity contribution in [1.29, 1.82) is 0 Å². The maximum absolute atomic E-state index is 12.2. The Hall–Kier alpha value is 0.160. The maximum atomic E-state index is 12.2. The first-order valence-corrected chi connectivity index (χ1v) is 8.26. The summed E-state index contributed by atoms with van der Waals surface area (Å²) in [5, 5.41) is 0. The van der Waals surface area contributed by atoms with E-state index in [1.807, 2.05) is 13.8 Å². The summed E-state index contributed by atoms with van der Waals surface area (Å²) in [6, 6.07) is 0. The summed E-state index contributed by atoms with van der Waals surface area (Å²) >= 11 is 5.84. The molecule has 1 saturated heterocycles. The van der Waals surface area contributed by atoms with Crippen molar-refractivity contribution in [1.82, 2.24) is 9.03 Å². The topological polar surface area (TPSA) is 49.4 Å². The Morgan fingerprint density at radius 1 is 1.24 bits per heavy atom. The van der Waals surface area contributed by atoms with Crippen molar-refractivity contribution in [3.8, 4) is 0 Å². The second-order valence-corrected chi connectivity index (χ2v) is 6.91. The summed E-state index contributed by atoms with van der Waals surface area (Å²) in [5.41, 5.74) is -0.549. The lowest BCUT2D eigenvalue weighted by molar-refractivity contribution is 0.380. The smallest absolute Gasteiger partial charge is 0.195 e. The van der Waals surface area contributed by atoms with E-state index in [4.69, 9.17) is 11.6 Å². The molecule has 0 bridgehead atoms. The number of halogens is 1. The molecular weight excluding hydrogens is 260 g/mol. The van der Waals surface area contributed by atoms with E-state index in [1.165, 1.54) is 0 Å². The minimum Gasteiger partial charge on any atom is -0.195 e. The van der Waals surface area contributed by atoms with Crippen LogP contribution in [0, 0.1) is 0 Å². The molecule has 1 atom stereocenters. The SMILES string of the molecule is CCC(C)(CCl)NS(=O)(=O)N1CCCCCC1. The highest BCUT2D eigenvalue weighted by atomic mass is 35.5. The fourth-order valence-corrected chi connectivity index (χ4v) is 3.89. The molecule has 0 amide bonds. The Morgan fingerprint density at radius 3 is 2.18 bits per heavy atom. The fraction of sp³-hybridized carbons (Fsp3) is 1.00. The average Bonchev–Trinajstić information content (AvgIpc) is 2.57.